The van der Waals surface area contributed by atoms with E-state index in [1.54, 1.807) is 11.3 Å². The Morgan fingerprint density at radius 3 is 2.68 bits per heavy atom. The number of nitrogens with zero attached hydrogens (tertiary/aromatic N) is 3. The quantitative estimate of drug-likeness (QED) is 0.841. The molecule has 0 spiro atoms. The Hall–Kier alpha value is -0.990. The van der Waals surface area contributed by atoms with Gasteiger partial charge in [0.05, 0.1) is 11.9 Å². The third-order valence-corrected chi connectivity index (χ3v) is 6.52. The lowest BCUT2D eigenvalue weighted by Crippen LogP contribution is -2.50. The topological polar surface area (TPSA) is 64.3 Å². The van der Waals surface area contributed by atoms with Gasteiger partial charge in [-0.1, -0.05) is 0 Å². The first-order valence-corrected chi connectivity index (χ1v) is 9.59. The van der Waals surface area contributed by atoms with E-state index in [0.717, 1.165) is 67.4 Å². The number of aromatic amines is 1. The van der Waals surface area contributed by atoms with E-state index >= 15 is 0 Å². The SMILES string of the molecule is Cc1sc2nc(CN3CCN(C4CCNC4)CC3)[nH]c(=O)c2c1C.Cl. The van der Waals surface area contributed by atoms with Gasteiger partial charge in [0, 0.05) is 43.6 Å². The predicted octanol–water partition coefficient (Wildman–Crippen LogP) is 1.50. The molecule has 2 aromatic heterocycles. The summed E-state index contributed by atoms with van der Waals surface area (Å²) in [6.45, 7) is 11.4. The van der Waals surface area contributed by atoms with Crippen molar-refractivity contribution < 1.29 is 0 Å². The molecule has 1 atom stereocenters. The highest BCUT2D eigenvalue weighted by Gasteiger charge is 2.26. The molecule has 2 fully saturated rings. The first-order chi connectivity index (χ1) is 11.6. The fraction of sp³-hybridized carbons (Fsp3) is 0.647. The lowest BCUT2D eigenvalue weighted by molar-refractivity contribution is 0.0965. The molecular formula is C17H26ClN5OS. The smallest absolute Gasteiger partial charge is 0.259 e. The van der Waals surface area contributed by atoms with Crippen molar-refractivity contribution in [3.63, 3.8) is 0 Å². The summed E-state index contributed by atoms with van der Waals surface area (Å²) in [5, 5.41) is 4.21. The fourth-order valence-electron chi connectivity index (χ4n) is 3.82. The molecule has 4 heterocycles. The normalized spacial score (nSPS) is 22.4. The lowest BCUT2D eigenvalue weighted by atomic mass is 10.2. The highest BCUT2D eigenvalue weighted by atomic mass is 35.5. The molecule has 0 aliphatic carbocycles. The van der Waals surface area contributed by atoms with Crippen molar-refractivity contribution in [3.05, 3.63) is 26.6 Å². The van der Waals surface area contributed by atoms with Crippen molar-refractivity contribution in [2.24, 2.45) is 0 Å². The van der Waals surface area contributed by atoms with Crippen LogP contribution in [0.25, 0.3) is 10.2 Å². The van der Waals surface area contributed by atoms with Gasteiger partial charge in [-0.25, -0.2) is 4.98 Å². The highest BCUT2D eigenvalue weighted by molar-refractivity contribution is 7.18. The second-order valence-corrected chi connectivity index (χ2v) is 8.14. The van der Waals surface area contributed by atoms with Crippen LogP contribution in [-0.2, 0) is 6.54 Å². The van der Waals surface area contributed by atoms with E-state index in [2.05, 4.69) is 27.0 Å². The zero-order valence-corrected chi connectivity index (χ0v) is 16.4. The van der Waals surface area contributed by atoms with Crippen molar-refractivity contribution in [1.82, 2.24) is 25.1 Å². The number of rotatable bonds is 3. The molecule has 2 N–H and O–H groups in total. The molecule has 2 aliphatic rings. The maximum Gasteiger partial charge on any atom is 0.259 e. The van der Waals surface area contributed by atoms with Gasteiger partial charge < -0.3 is 10.3 Å². The summed E-state index contributed by atoms with van der Waals surface area (Å²) in [5.74, 6) is 0.796. The summed E-state index contributed by atoms with van der Waals surface area (Å²) < 4.78 is 0. The van der Waals surface area contributed by atoms with Gasteiger partial charge in [-0.3, -0.25) is 14.6 Å². The van der Waals surface area contributed by atoms with E-state index in [4.69, 9.17) is 4.98 Å². The number of thiophene rings is 1. The zero-order valence-electron chi connectivity index (χ0n) is 14.8. The van der Waals surface area contributed by atoms with Crippen molar-refractivity contribution in [2.45, 2.75) is 32.9 Å². The van der Waals surface area contributed by atoms with Crippen LogP contribution in [-0.4, -0.2) is 65.1 Å². The van der Waals surface area contributed by atoms with Crippen LogP contribution in [0.4, 0.5) is 0 Å². The minimum atomic E-state index is 0. The van der Waals surface area contributed by atoms with Crippen LogP contribution in [0.3, 0.4) is 0 Å². The molecule has 0 bridgehead atoms. The summed E-state index contributed by atoms with van der Waals surface area (Å²) >= 11 is 1.62. The summed E-state index contributed by atoms with van der Waals surface area (Å²) in [6.07, 6.45) is 1.27. The Kier molecular flexibility index (Phi) is 5.80. The number of fused-ring (bicyclic) bond motifs is 1. The van der Waals surface area contributed by atoms with Gasteiger partial charge in [0.15, 0.2) is 0 Å². The largest absolute Gasteiger partial charge is 0.315 e. The standard InChI is InChI=1S/C17H25N5OS.ClH/c1-11-12(2)24-17-15(11)16(23)19-14(20-17)10-21-5-7-22(8-6-21)13-3-4-18-9-13;/h13,18H,3-10H2,1-2H3,(H,19,20,23);1H. The van der Waals surface area contributed by atoms with Crippen LogP contribution >= 0.6 is 23.7 Å². The van der Waals surface area contributed by atoms with Gasteiger partial charge in [0.1, 0.15) is 10.7 Å². The average Bonchev–Trinajstić information content (AvgIpc) is 3.18. The molecule has 0 aromatic carbocycles. The molecule has 1 unspecified atom stereocenters. The Balaban J connectivity index is 0.00000182. The molecule has 8 heteroatoms. The van der Waals surface area contributed by atoms with Gasteiger partial charge in [0.2, 0.25) is 0 Å². The third kappa shape index (κ3) is 3.75. The molecule has 0 amide bonds. The van der Waals surface area contributed by atoms with Crippen LogP contribution in [0.1, 0.15) is 22.7 Å². The third-order valence-electron chi connectivity index (χ3n) is 5.42. The van der Waals surface area contributed by atoms with Gasteiger partial charge in [-0.05, 0) is 32.4 Å². The Morgan fingerprint density at radius 2 is 2.00 bits per heavy atom. The number of piperazine rings is 1. The van der Waals surface area contributed by atoms with Crippen molar-refractivity contribution >= 4 is 34.0 Å². The molecule has 6 nitrogen and oxygen atoms in total. The summed E-state index contributed by atoms with van der Waals surface area (Å²) in [5.41, 5.74) is 1.07. The predicted molar refractivity (Wildman–Crippen MR) is 105 cm³/mol. The van der Waals surface area contributed by atoms with E-state index in [0.29, 0.717) is 6.04 Å². The number of nitrogens with one attached hydrogen (secondary N) is 2. The number of halogens is 1. The lowest BCUT2D eigenvalue weighted by Gasteiger charge is -2.37. The molecule has 2 aromatic rings. The molecular weight excluding hydrogens is 358 g/mol. The van der Waals surface area contributed by atoms with Crippen LogP contribution in [0, 0.1) is 13.8 Å². The second-order valence-electron chi connectivity index (χ2n) is 6.93. The Morgan fingerprint density at radius 1 is 1.24 bits per heavy atom. The van der Waals surface area contributed by atoms with E-state index in [1.165, 1.54) is 11.3 Å². The zero-order chi connectivity index (χ0) is 16.7. The van der Waals surface area contributed by atoms with E-state index < -0.39 is 0 Å². The van der Waals surface area contributed by atoms with E-state index in [-0.39, 0.29) is 18.0 Å². The van der Waals surface area contributed by atoms with Crippen molar-refractivity contribution in [1.29, 1.82) is 0 Å². The maximum atomic E-state index is 12.4. The number of aryl methyl sites for hydroxylation is 2. The number of H-pyrrole nitrogens is 1. The molecule has 0 saturated carbocycles. The molecule has 0 radical (unpaired) electrons. The van der Waals surface area contributed by atoms with E-state index in [1.807, 2.05) is 6.92 Å². The van der Waals surface area contributed by atoms with Crippen LogP contribution < -0.4 is 10.9 Å². The Labute approximate surface area is 158 Å². The number of aromatic nitrogens is 2. The number of hydrogen-bond donors (Lipinski definition) is 2. The van der Waals surface area contributed by atoms with Crippen LogP contribution in [0.15, 0.2) is 4.79 Å². The highest BCUT2D eigenvalue weighted by Crippen LogP contribution is 2.25. The van der Waals surface area contributed by atoms with Crippen molar-refractivity contribution in [2.75, 3.05) is 39.3 Å². The minimum Gasteiger partial charge on any atom is -0.315 e. The van der Waals surface area contributed by atoms with Gasteiger partial charge in [0.25, 0.3) is 5.56 Å². The molecule has 4 rings (SSSR count). The second kappa shape index (κ2) is 7.72. The molecule has 2 saturated heterocycles. The van der Waals surface area contributed by atoms with Crippen molar-refractivity contribution in [3.8, 4) is 0 Å². The molecule has 25 heavy (non-hydrogen) atoms. The number of hydrogen-bond acceptors (Lipinski definition) is 6. The summed E-state index contributed by atoms with van der Waals surface area (Å²) in [4.78, 5) is 27.1. The summed E-state index contributed by atoms with van der Waals surface area (Å²) in [6, 6.07) is 0.707. The van der Waals surface area contributed by atoms with E-state index in [9.17, 15) is 4.79 Å². The fourth-order valence-corrected chi connectivity index (χ4v) is 4.87. The monoisotopic (exact) mass is 383 g/mol. The van der Waals surface area contributed by atoms with Gasteiger partial charge in [-0.2, -0.15) is 0 Å². The summed E-state index contributed by atoms with van der Waals surface area (Å²) in [7, 11) is 0. The molecule has 2 aliphatic heterocycles. The maximum absolute atomic E-state index is 12.4. The average molecular weight is 384 g/mol. The van der Waals surface area contributed by atoms with Crippen LogP contribution in [0.2, 0.25) is 0 Å². The minimum absolute atomic E-state index is 0. The first-order valence-electron chi connectivity index (χ1n) is 8.78. The van der Waals surface area contributed by atoms with Gasteiger partial charge >= 0.3 is 0 Å². The van der Waals surface area contributed by atoms with Crippen LogP contribution in [0.5, 0.6) is 0 Å². The first kappa shape index (κ1) is 18.8. The van der Waals surface area contributed by atoms with Gasteiger partial charge in [-0.15, -0.1) is 23.7 Å². The molecule has 138 valence electrons. The Bertz CT molecular complexity index is 790.